The van der Waals surface area contributed by atoms with Crippen molar-refractivity contribution in [2.45, 2.75) is 70.1 Å². The maximum atomic E-state index is 12.7. The molecule has 0 saturated carbocycles. The number of nitrogens with two attached hydrogens (primary N) is 2. The van der Waals surface area contributed by atoms with Crippen LogP contribution in [0.15, 0.2) is 0 Å². The van der Waals surface area contributed by atoms with Crippen LogP contribution >= 0.6 is 12.6 Å². The molecular formula is C19H35N5O7S. The van der Waals surface area contributed by atoms with Crippen LogP contribution in [0.25, 0.3) is 0 Å². The lowest BCUT2D eigenvalue weighted by Gasteiger charge is -2.25. The zero-order valence-electron chi connectivity index (χ0n) is 18.4. The minimum Gasteiger partial charge on any atom is -0.481 e. The summed E-state index contributed by atoms with van der Waals surface area (Å²) in [6.07, 6.45) is 0.986. The van der Waals surface area contributed by atoms with Crippen molar-refractivity contribution in [1.29, 1.82) is 0 Å². The quantitative estimate of drug-likeness (QED) is 0.0950. The van der Waals surface area contributed by atoms with E-state index in [0.717, 1.165) is 0 Å². The van der Waals surface area contributed by atoms with Gasteiger partial charge in [-0.25, -0.2) is 4.79 Å². The summed E-state index contributed by atoms with van der Waals surface area (Å²) < 4.78 is 0. The van der Waals surface area contributed by atoms with Gasteiger partial charge in [-0.2, -0.15) is 12.6 Å². The van der Waals surface area contributed by atoms with Crippen LogP contribution in [-0.2, 0) is 24.0 Å². The number of aliphatic carboxylic acids is 2. The highest BCUT2D eigenvalue weighted by Gasteiger charge is 2.30. The van der Waals surface area contributed by atoms with Crippen LogP contribution < -0.4 is 27.4 Å². The maximum Gasteiger partial charge on any atom is 0.326 e. The molecular weight excluding hydrogens is 442 g/mol. The Labute approximate surface area is 192 Å². The van der Waals surface area contributed by atoms with Crippen LogP contribution in [0.3, 0.4) is 0 Å². The molecule has 0 aliphatic heterocycles. The summed E-state index contributed by atoms with van der Waals surface area (Å²) in [5, 5.41) is 25.3. The molecule has 0 saturated heterocycles. The molecule has 4 unspecified atom stereocenters. The zero-order chi connectivity index (χ0) is 24.8. The fourth-order valence-electron chi connectivity index (χ4n) is 2.69. The number of nitrogens with one attached hydrogen (secondary N) is 3. The molecule has 12 nitrogen and oxygen atoms in total. The van der Waals surface area contributed by atoms with E-state index < -0.39 is 66.2 Å². The molecule has 0 aliphatic rings. The Balaban J connectivity index is 5.23. The number of carbonyl (C=O) groups is 5. The van der Waals surface area contributed by atoms with Gasteiger partial charge < -0.3 is 37.6 Å². The van der Waals surface area contributed by atoms with Crippen molar-refractivity contribution in [3.8, 4) is 0 Å². The second kappa shape index (κ2) is 15.4. The van der Waals surface area contributed by atoms with Crippen molar-refractivity contribution in [2.24, 2.45) is 17.4 Å². The van der Waals surface area contributed by atoms with Crippen LogP contribution in [0, 0.1) is 5.92 Å². The van der Waals surface area contributed by atoms with Crippen LogP contribution in [-0.4, -0.2) is 76.3 Å². The van der Waals surface area contributed by atoms with E-state index in [9.17, 15) is 29.1 Å². The predicted molar refractivity (Wildman–Crippen MR) is 120 cm³/mol. The van der Waals surface area contributed by atoms with Gasteiger partial charge in [-0.15, -0.1) is 0 Å². The molecule has 0 aromatic carbocycles. The second-order valence-corrected chi connectivity index (χ2v) is 8.06. The molecule has 0 spiro atoms. The summed E-state index contributed by atoms with van der Waals surface area (Å²) in [6, 6.07) is -4.53. The number of carbonyl (C=O) groups excluding carboxylic acids is 3. The SMILES string of the molecule is CC(C)C(NC(=O)C(CS)NC(=O)C(CCC(=O)O)NC(=O)C(N)CCCCN)C(=O)O. The first-order valence-electron chi connectivity index (χ1n) is 10.4. The molecule has 0 rings (SSSR count). The summed E-state index contributed by atoms with van der Waals surface area (Å²) in [4.78, 5) is 59.7. The molecule has 3 amide bonds. The number of amides is 3. The molecule has 0 aromatic heterocycles. The normalized spacial score (nSPS) is 14.7. The first kappa shape index (κ1) is 29.6. The fraction of sp³-hybridized carbons (Fsp3) is 0.737. The van der Waals surface area contributed by atoms with Crippen molar-refractivity contribution >= 4 is 42.3 Å². The van der Waals surface area contributed by atoms with Crippen LogP contribution in [0.2, 0.25) is 0 Å². The van der Waals surface area contributed by atoms with E-state index in [2.05, 4.69) is 28.6 Å². The Hall–Kier alpha value is -2.38. The Kier molecular flexibility index (Phi) is 14.3. The van der Waals surface area contributed by atoms with Crippen molar-refractivity contribution in [1.82, 2.24) is 16.0 Å². The largest absolute Gasteiger partial charge is 0.481 e. The Morgan fingerprint density at radius 2 is 1.44 bits per heavy atom. The Bertz CT molecular complexity index is 662. The number of thiol groups is 1. The van der Waals surface area contributed by atoms with E-state index in [4.69, 9.17) is 16.6 Å². The first-order valence-corrected chi connectivity index (χ1v) is 11.0. The highest BCUT2D eigenvalue weighted by atomic mass is 32.1. The van der Waals surface area contributed by atoms with Crippen molar-refractivity contribution in [3.05, 3.63) is 0 Å². The van der Waals surface area contributed by atoms with Crippen LogP contribution in [0.1, 0.15) is 46.0 Å². The van der Waals surface area contributed by atoms with E-state index >= 15 is 0 Å². The first-order chi connectivity index (χ1) is 14.9. The zero-order valence-corrected chi connectivity index (χ0v) is 19.3. The Morgan fingerprint density at radius 3 is 1.91 bits per heavy atom. The summed E-state index contributed by atoms with van der Waals surface area (Å²) in [5.74, 6) is -5.17. The molecule has 9 N–H and O–H groups in total. The van der Waals surface area contributed by atoms with Gasteiger partial charge in [0.2, 0.25) is 17.7 Å². The third-order valence-corrected chi connectivity index (χ3v) is 5.00. The average molecular weight is 478 g/mol. The van der Waals surface area contributed by atoms with E-state index in [0.29, 0.717) is 25.8 Å². The van der Waals surface area contributed by atoms with Crippen LogP contribution in [0.5, 0.6) is 0 Å². The third-order valence-electron chi connectivity index (χ3n) is 4.63. The number of unbranched alkanes of at least 4 members (excludes halogenated alkanes) is 1. The molecule has 4 atom stereocenters. The minimum atomic E-state index is -1.25. The summed E-state index contributed by atoms with van der Waals surface area (Å²) >= 11 is 4.02. The minimum absolute atomic E-state index is 0.153. The fourth-order valence-corrected chi connectivity index (χ4v) is 2.95. The molecule has 0 radical (unpaired) electrons. The lowest BCUT2D eigenvalue weighted by molar-refractivity contribution is -0.143. The van der Waals surface area contributed by atoms with E-state index in [1.165, 1.54) is 0 Å². The molecule has 0 fully saturated rings. The molecule has 0 bridgehead atoms. The van der Waals surface area contributed by atoms with Gasteiger partial charge in [0, 0.05) is 12.2 Å². The number of hydrogen-bond donors (Lipinski definition) is 8. The van der Waals surface area contributed by atoms with Gasteiger partial charge in [0.05, 0.1) is 6.04 Å². The lowest BCUT2D eigenvalue weighted by atomic mass is 10.0. The van der Waals surface area contributed by atoms with Crippen molar-refractivity contribution in [2.75, 3.05) is 12.3 Å². The monoisotopic (exact) mass is 477 g/mol. The van der Waals surface area contributed by atoms with Crippen molar-refractivity contribution in [3.63, 3.8) is 0 Å². The summed E-state index contributed by atoms with van der Waals surface area (Å²) in [6.45, 7) is 3.67. The van der Waals surface area contributed by atoms with Crippen LogP contribution in [0.4, 0.5) is 0 Å². The van der Waals surface area contributed by atoms with E-state index in [1.54, 1.807) is 13.8 Å². The van der Waals surface area contributed by atoms with Crippen molar-refractivity contribution < 1.29 is 34.2 Å². The molecule has 0 heterocycles. The molecule has 0 aromatic rings. The average Bonchev–Trinajstić information content (AvgIpc) is 2.71. The number of hydrogen-bond acceptors (Lipinski definition) is 8. The molecule has 13 heteroatoms. The van der Waals surface area contributed by atoms with E-state index in [1.807, 2.05) is 0 Å². The number of carboxylic acids is 2. The second-order valence-electron chi connectivity index (χ2n) is 7.70. The Morgan fingerprint density at radius 1 is 0.875 bits per heavy atom. The molecule has 32 heavy (non-hydrogen) atoms. The summed E-state index contributed by atoms with van der Waals surface area (Å²) in [5.41, 5.74) is 11.2. The smallest absolute Gasteiger partial charge is 0.326 e. The van der Waals surface area contributed by atoms with E-state index in [-0.39, 0.29) is 12.2 Å². The third kappa shape index (κ3) is 11.3. The van der Waals surface area contributed by atoms with Gasteiger partial charge in [-0.05, 0) is 31.7 Å². The maximum absolute atomic E-state index is 12.7. The van der Waals surface area contributed by atoms with Gasteiger partial charge in [0.15, 0.2) is 0 Å². The molecule has 184 valence electrons. The summed E-state index contributed by atoms with van der Waals surface area (Å²) in [7, 11) is 0. The van der Waals surface area contributed by atoms with Gasteiger partial charge in [0.1, 0.15) is 18.1 Å². The van der Waals surface area contributed by atoms with Gasteiger partial charge in [-0.1, -0.05) is 20.3 Å². The standard InChI is InChI=1S/C19H35N5O7S/c1-10(2)15(19(30)31)24-18(29)13(9-32)23-17(28)12(6-7-14(25)26)22-16(27)11(21)5-3-4-8-20/h10-13,15,32H,3-9,20-21H2,1-2H3,(H,22,27)(H,23,28)(H,24,29)(H,25,26)(H,30,31). The van der Waals surface area contributed by atoms with Gasteiger partial charge in [-0.3, -0.25) is 19.2 Å². The topological polar surface area (TPSA) is 214 Å². The highest BCUT2D eigenvalue weighted by molar-refractivity contribution is 7.80. The lowest BCUT2D eigenvalue weighted by Crippen LogP contribution is -2.58. The highest BCUT2D eigenvalue weighted by Crippen LogP contribution is 2.05. The van der Waals surface area contributed by atoms with Gasteiger partial charge >= 0.3 is 11.9 Å². The molecule has 0 aliphatic carbocycles. The van der Waals surface area contributed by atoms with Gasteiger partial charge in [0.25, 0.3) is 0 Å². The number of carboxylic acid groups (broad SMARTS) is 2. The number of rotatable bonds is 16. The predicted octanol–water partition coefficient (Wildman–Crippen LogP) is -1.57.